The molecule has 0 saturated heterocycles. The van der Waals surface area contributed by atoms with Gasteiger partial charge in [-0.3, -0.25) is 14.3 Å². The molecule has 1 aliphatic rings. The molecule has 2 aromatic carbocycles. The van der Waals surface area contributed by atoms with Crippen molar-refractivity contribution >= 4 is 28.9 Å². The highest BCUT2D eigenvalue weighted by Crippen LogP contribution is 2.38. The van der Waals surface area contributed by atoms with Gasteiger partial charge in [-0.15, -0.1) is 10.2 Å². The highest BCUT2D eigenvalue weighted by atomic mass is 35.5. The van der Waals surface area contributed by atoms with Gasteiger partial charge in [0.1, 0.15) is 6.33 Å². The number of aliphatic hydroxyl groups is 1. The van der Waals surface area contributed by atoms with Crippen LogP contribution in [0.5, 0.6) is 0 Å². The van der Waals surface area contributed by atoms with E-state index in [1.54, 1.807) is 34.9 Å². The molecular formula is C16H11ClN4O2. The molecular weight excluding hydrogens is 316 g/mol. The highest BCUT2D eigenvalue weighted by Gasteiger charge is 2.35. The maximum absolute atomic E-state index is 12.8. The van der Waals surface area contributed by atoms with Crippen LogP contribution in [0.3, 0.4) is 0 Å². The summed E-state index contributed by atoms with van der Waals surface area (Å²) in [6, 6.07) is 14.3. The van der Waals surface area contributed by atoms with Crippen molar-refractivity contribution in [2.24, 2.45) is 0 Å². The minimum Gasteiger partial charge on any atom is -0.376 e. The Morgan fingerprint density at radius 1 is 1.09 bits per heavy atom. The standard InChI is InChI=1S/C16H11ClN4O2/c17-10-6-7-12-13(8-10)21(11-4-2-1-3-5-11)16(23)14(22)15-19-18-9-20(12)15/h1-9,14,22H. The molecule has 0 saturated carbocycles. The second-order valence-corrected chi connectivity index (χ2v) is 5.54. The number of nitrogens with zero attached hydrogens (tertiary/aromatic N) is 4. The van der Waals surface area contributed by atoms with E-state index < -0.39 is 12.0 Å². The number of hydrogen-bond donors (Lipinski definition) is 1. The molecule has 1 aromatic heterocycles. The number of amides is 1. The van der Waals surface area contributed by atoms with E-state index in [1.807, 2.05) is 18.2 Å². The van der Waals surface area contributed by atoms with Crippen LogP contribution >= 0.6 is 11.6 Å². The second-order valence-electron chi connectivity index (χ2n) is 5.10. The van der Waals surface area contributed by atoms with E-state index >= 15 is 0 Å². The van der Waals surface area contributed by atoms with Crippen molar-refractivity contribution < 1.29 is 9.90 Å². The van der Waals surface area contributed by atoms with Crippen LogP contribution in [0.15, 0.2) is 54.9 Å². The van der Waals surface area contributed by atoms with Gasteiger partial charge in [0.15, 0.2) is 11.9 Å². The number of aromatic nitrogens is 3. The molecule has 0 fully saturated rings. The summed E-state index contributed by atoms with van der Waals surface area (Å²) in [7, 11) is 0. The van der Waals surface area contributed by atoms with Crippen molar-refractivity contribution in [1.82, 2.24) is 14.8 Å². The van der Waals surface area contributed by atoms with E-state index in [2.05, 4.69) is 10.2 Å². The predicted octanol–water partition coefficient (Wildman–Crippen LogP) is 2.63. The van der Waals surface area contributed by atoms with Gasteiger partial charge < -0.3 is 5.11 Å². The fourth-order valence-corrected chi connectivity index (χ4v) is 2.86. The maximum atomic E-state index is 12.8. The number of carbonyl (C=O) groups excluding carboxylic acids is 1. The predicted molar refractivity (Wildman–Crippen MR) is 84.9 cm³/mol. The lowest BCUT2D eigenvalue weighted by Crippen LogP contribution is -2.30. The lowest BCUT2D eigenvalue weighted by Gasteiger charge is -2.24. The Morgan fingerprint density at radius 3 is 2.65 bits per heavy atom. The Morgan fingerprint density at radius 2 is 1.87 bits per heavy atom. The van der Waals surface area contributed by atoms with Gasteiger partial charge in [-0.1, -0.05) is 29.8 Å². The fraction of sp³-hybridized carbons (Fsp3) is 0.0625. The van der Waals surface area contributed by atoms with Crippen LogP contribution in [0.4, 0.5) is 11.4 Å². The highest BCUT2D eigenvalue weighted by molar-refractivity contribution is 6.31. The Balaban J connectivity index is 2.03. The van der Waals surface area contributed by atoms with Gasteiger partial charge in [-0.2, -0.15) is 0 Å². The van der Waals surface area contributed by atoms with Crippen molar-refractivity contribution in [1.29, 1.82) is 0 Å². The van der Waals surface area contributed by atoms with Gasteiger partial charge in [0.05, 0.1) is 11.4 Å². The molecule has 7 heteroatoms. The first-order valence-corrected chi connectivity index (χ1v) is 7.31. The Hall–Kier alpha value is -2.70. The van der Waals surface area contributed by atoms with Crippen LogP contribution in [0.25, 0.3) is 5.69 Å². The summed E-state index contributed by atoms with van der Waals surface area (Å²) in [5, 5.41) is 18.6. The second kappa shape index (κ2) is 5.19. The summed E-state index contributed by atoms with van der Waals surface area (Å²) in [4.78, 5) is 14.3. The zero-order valence-electron chi connectivity index (χ0n) is 11.8. The maximum Gasteiger partial charge on any atom is 0.268 e. The van der Waals surface area contributed by atoms with Gasteiger partial charge in [0.2, 0.25) is 0 Å². The first kappa shape index (κ1) is 13.9. The molecule has 0 bridgehead atoms. The molecule has 0 aliphatic carbocycles. The number of rotatable bonds is 1. The number of anilines is 2. The monoisotopic (exact) mass is 326 g/mol. The van der Waals surface area contributed by atoms with Gasteiger partial charge in [0, 0.05) is 10.7 Å². The van der Waals surface area contributed by atoms with E-state index in [0.717, 1.165) is 0 Å². The Bertz CT molecular complexity index is 894. The van der Waals surface area contributed by atoms with Crippen molar-refractivity contribution in [3.63, 3.8) is 0 Å². The van der Waals surface area contributed by atoms with E-state index in [1.165, 1.54) is 11.2 Å². The topological polar surface area (TPSA) is 71.2 Å². The molecule has 4 rings (SSSR count). The molecule has 23 heavy (non-hydrogen) atoms. The lowest BCUT2D eigenvalue weighted by atomic mass is 10.2. The first-order chi connectivity index (χ1) is 11.2. The fourth-order valence-electron chi connectivity index (χ4n) is 2.69. The molecule has 2 heterocycles. The SMILES string of the molecule is O=C1C(O)c2nncn2-c2ccc(Cl)cc2N1c1ccccc1. The molecule has 1 unspecified atom stereocenters. The Kier molecular flexibility index (Phi) is 3.14. The van der Waals surface area contributed by atoms with Gasteiger partial charge in [-0.05, 0) is 30.3 Å². The third-order valence-electron chi connectivity index (χ3n) is 3.73. The van der Waals surface area contributed by atoms with Crippen molar-refractivity contribution in [2.45, 2.75) is 6.10 Å². The number of hydrogen-bond acceptors (Lipinski definition) is 4. The third kappa shape index (κ3) is 2.11. The molecule has 114 valence electrons. The van der Waals surface area contributed by atoms with E-state index in [-0.39, 0.29) is 5.82 Å². The summed E-state index contributed by atoms with van der Waals surface area (Å²) in [5.41, 5.74) is 1.87. The summed E-state index contributed by atoms with van der Waals surface area (Å²) < 4.78 is 1.59. The molecule has 1 aliphatic heterocycles. The van der Waals surface area contributed by atoms with Crippen molar-refractivity contribution in [2.75, 3.05) is 4.90 Å². The van der Waals surface area contributed by atoms with E-state index in [4.69, 9.17) is 11.6 Å². The number of benzene rings is 2. The zero-order chi connectivity index (χ0) is 16.0. The molecule has 1 N–H and O–H groups in total. The molecule has 0 spiro atoms. The van der Waals surface area contributed by atoms with Crippen LogP contribution in [0.1, 0.15) is 11.9 Å². The van der Waals surface area contributed by atoms with Gasteiger partial charge in [-0.25, -0.2) is 0 Å². The average Bonchev–Trinajstić information content (AvgIpc) is 3.02. The summed E-state index contributed by atoms with van der Waals surface area (Å²) in [6.07, 6.45) is 0.0523. The van der Waals surface area contributed by atoms with Gasteiger partial charge >= 0.3 is 0 Å². The quantitative estimate of drug-likeness (QED) is 0.746. The van der Waals surface area contributed by atoms with Gasteiger partial charge in [0.25, 0.3) is 5.91 Å². The summed E-state index contributed by atoms with van der Waals surface area (Å²) in [5.74, 6) is -0.330. The number of carbonyl (C=O) groups is 1. The van der Waals surface area contributed by atoms with E-state index in [0.29, 0.717) is 22.1 Å². The third-order valence-corrected chi connectivity index (χ3v) is 3.96. The van der Waals surface area contributed by atoms with Crippen molar-refractivity contribution in [3.05, 3.63) is 65.7 Å². The number of para-hydroxylation sites is 1. The van der Waals surface area contributed by atoms with Crippen LogP contribution in [-0.4, -0.2) is 25.8 Å². The number of halogens is 1. The molecule has 0 radical (unpaired) electrons. The average molecular weight is 327 g/mol. The van der Waals surface area contributed by atoms with Crippen molar-refractivity contribution in [3.8, 4) is 5.69 Å². The molecule has 1 atom stereocenters. The molecule has 6 nitrogen and oxygen atoms in total. The lowest BCUT2D eigenvalue weighted by molar-refractivity contribution is -0.126. The van der Waals surface area contributed by atoms with Crippen LogP contribution < -0.4 is 4.90 Å². The van der Waals surface area contributed by atoms with Crippen LogP contribution in [-0.2, 0) is 4.79 Å². The molecule has 1 amide bonds. The van der Waals surface area contributed by atoms with Crippen LogP contribution in [0, 0.1) is 0 Å². The zero-order valence-corrected chi connectivity index (χ0v) is 12.6. The van der Waals surface area contributed by atoms with Crippen LogP contribution in [0.2, 0.25) is 5.02 Å². The number of aliphatic hydroxyl groups excluding tert-OH is 1. The number of fused-ring (bicyclic) bond motifs is 3. The first-order valence-electron chi connectivity index (χ1n) is 6.94. The Labute approximate surface area is 136 Å². The minimum atomic E-state index is -1.41. The summed E-state index contributed by atoms with van der Waals surface area (Å²) >= 11 is 6.13. The summed E-state index contributed by atoms with van der Waals surface area (Å²) in [6.45, 7) is 0. The van der Waals surface area contributed by atoms with E-state index in [9.17, 15) is 9.90 Å². The minimum absolute atomic E-state index is 0.178. The largest absolute Gasteiger partial charge is 0.376 e. The smallest absolute Gasteiger partial charge is 0.268 e. The molecule has 3 aromatic rings. The normalized spacial score (nSPS) is 16.7.